The molecule has 3 heteroatoms. The minimum Gasteiger partial charge on any atom is -0.385 e. The molecule has 0 saturated heterocycles. The number of methoxy groups -OCH3 is 1. The van der Waals surface area contributed by atoms with Gasteiger partial charge in [0, 0.05) is 33.0 Å². The molecule has 0 aromatic rings. The van der Waals surface area contributed by atoms with Gasteiger partial charge >= 0.3 is 0 Å². The van der Waals surface area contributed by atoms with E-state index < -0.39 is 0 Å². The Labute approximate surface area is 113 Å². The third-order valence-electron chi connectivity index (χ3n) is 3.84. The van der Waals surface area contributed by atoms with Crippen molar-refractivity contribution in [2.75, 3.05) is 33.5 Å². The summed E-state index contributed by atoms with van der Waals surface area (Å²) >= 11 is 0. The van der Waals surface area contributed by atoms with Gasteiger partial charge in [-0.2, -0.15) is 0 Å². The second-order valence-electron chi connectivity index (χ2n) is 5.35. The Hall–Kier alpha value is -0.120. The van der Waals surface area contributed by atoms with Gasteiger partial charge in [-0.3, -0.25) is 0 Å². The fourth-order valence-electron chi connectivity index (χ4n) is 2.79. The van der Waals surface area contributed by atoms with Crippen LogP contribution in [0.25, 0.3) is 0 Å². The minimum atomic E-state index is 0.737. The van der Waals surface area contributed by atoms with Crippen LogP contribution in [0, 0.1) is 5.92 Å². The molecule has 1 N–H and O–H groups in total. The predicted molar refractivity (Wildman–Crippen MR) is 76.0 cm³/mol. The van der Waals surface area contributed by atoms with Gasteiger partial charge in [-0.15, -0.1) is 0 Å². The van der Waals surface area contributed by atoms with Crippen molar-refractivity contribution in [1.82, 2.24) is 5.32 Å². The van der Waals surface area contributed by atoms with E-state index in [2.05, 4.69) is 12.2 Å². The van der Waals surface area contributed by atoms with E-state index in [4.69, 9.17) is 9.47 Å². The summed E-state index contributed by atoms with van der Waals surface area (Å²) < 4.78 is 10.7. The molecule has 0 aromatic carbocycles. The van der Waals surface area contributed by atoms with Gasteiger partial charge in [0.25, 0.3) is 0 Å². The first-order valence-electron chi connectivity index (χ1n) is 7.68. The van der Waals surface area contributed by atoms with Gasteiger partial charge in [0.1, 0.15) is 0 Å². The first kappa shape index (κ1) is 15.9. The van der Waals surface area contributed by atoms with Crippen molar-refractivity contribution in [3.8, 4) is 0 Å². The van der Waals surface area contributed by atoms with Crippen LogP contribution in [-0.4, -0.2) is 39.5 Å². The van der Waals surface area contributed by atoms with Gasteiger partial charge in [0.2, 0.25) is 0 Å². The Balaban J connectivity index is 2.09. The third-order valence-corrected chi connectivity index (χ3v) is 3.84. The van der Waals surface area contributed by atoms with E-state index in [-0.39, 0.29) is 0 Å². The van der Waals surface area contributed by atoms with Crippen LogP contribution in [-0.2, 0) is 9.47 Å². The molecule has 1 aliphatic rings. The van der Waals surface area contributed by atoms with Crippen LogP contribution < -0.4 is 5.32 Å². The Morgan fingerprint density at radius 2 is 1.94 bits per heavy atom. The highest BCUT2D eigenvalue weighted by Gasteiger charge is 2.23. The van der Waals surface area contributed by atoms with Gasteiger partial charge in [-0.25, -0.2) is 0 Å². The summed E-state index contributed by atoms with van der Waals surface area (Å²) in [6, 6.07) is 0.737. The molecular formula is C15H31NO2. The van der Waals surface area contributed by atoms with Crippen molar-refractivity contribution in [3.63, 3.8) is 0 Å². The number of nitrogens with one attached hydrogen (secondary N) is 1. The zero-order valence-corrected chi connectivity index (χ0v) is 12.2. The predicted octanol–water partition coefficient (Wildman–Crippen LogP) is 2.99. The van der Waals surface area contributed by atoms with E-state index in [1.54, 1.807) is 7.11 Å². The number of ether oxygens (including phenoxy) is 2. The molecule has 1 rings (SSSR count). The van der Waals surface area contributed by atoms with Crippen molar-refractivity contribution in [2.45, 2.75) is 57.9 Å². The molecule has 108 valence electrons. The highest BCUT2D eigenvalue weighted by molar-refractivity contribution is 4.80. The molecule has 2 unspecified atom stereocenters. The summed E-state index contributed by atoms with van der Waals surface area (Å²) in [6.45, 7) is 5.97. The maximum Gasteiger partial charge on any atom is 0.0487 e. The van der Waals surface area contributed by atoms with Crippen LogP contribution in [0.15, 0.2) is 0 Å². The molecule has 1 aliphatic carbocycles. The van der Waals surface area contributed by atoms with Gasteiger partial charge in [-0.05, 0) is 44.6 Å². The second kappa shape index (κ2) is 10.8. The molecule has 0 radical (unpaired) electrons. The minimum absolute atomic E-state index is 0.737. The lowest BCUT2D eigenvalue weighted by Gasteiger charge is -2.32. The van der Waals surface area contributed by atoms with Crippen LogP contribution >= 0.6 is 0 Å². The van der Waals surface area contributed by atoms with E-state index >= 15 is 0 Å². The average Bonchev–Trinajstić information content (AvgIpc) is 2.41. The molecule has 1 fully saturated rings. The van der Waals surface area contributed by atoms with Crippen LogP contribution in [0.2, 0.25) is 0 Å². The maximum absolute atomic E-state index is 5.68. The lowest BCUT2D eigenvalue weighted by Crippen LogP contribution is -2.39. The van der Waals surface area contributed by atoms with Gasteiger partial charge in [0.05, 0.1) is 0 Å². The summed E-state index contributed by atoms with van der Waals surface area (Å²) in [5.41, 5.74) is 0. The molecular weight excluding hydrogens is 226 g/mol. The fraction of sp³-hybridized carbons (Fsp3) is 1.00. The SMILES string of the molecule is CCCNC1CCCCC1CCOCCCOC. The molecule has 3 nitrogen and oxygen atoms in total. The third kappa shape index (κ3) is 6.72. The lowest BCUT2D eigenvalue weighted by molar-refractivity contribution is 0.0848. The van der Waals surface area contributed by atoms with Crippen molar-refractivity contribution in [2.24, 2.45) is 5.92 Å². The molecule has 0 aliphatic heterocycles. The standard InChI is InChI=1S/C15H31NO2/c1-3-10-16-15-8-5-4-7-14(15)9-13-18-12-6-11-17-2/h14-16H,3-13H2,1-2H3. The first-order valence-corrected chi connectivity index (χ1v) is 7.68. The smallest absolute Gasteiger partial charge is 0.0487 e. The van der Waals surface area contributed by atoms with Crippen LogP contribution in [0.5, 0.6) is 0 Å². The quantitative estimate of drug-likeness (QED) is 0.610. The second-order valence-corrected chi connectivity index (χ2v) is 5.35. The first-order chi connectivity index (χ1) is 8.88. The molecule has 0 aromatic heterocycles. The zero-order chi connectivity index (χ0) is 13.1. The number of hydrogen-bond acceptors (Lipinski definition) is 3. The number of hydrogen-bond donors (Lipinski definition) is 1. The van der Waals surface area contributed by atoms with Crippen molar-refractivity contribution >= 4 is 0 Å². The Bertz CT molecular complexity index is 187. The Morgan fingerprint density at radius 3 is 2.72 bits per heavy atom. The number of rotatable bonds is 10. The molecule has 18 heavy (non-hydrogen) atoms. The van der Waals surface area contributed by atoms with E-state index in [1.165, 1.54) is 38.5 Å². The monoisotopic (exact) mass is 257 g/mol. The van der Waals surface area contributed by atoms with Gasteiger partial charge in [0.15, 0.2) is 0 Å². The van der Waals surface area contributed by atoms with E-state index in [0.29, 0.717) is 0 Å². The molecule has 1 saturated carbocycles. The van der Waals surface area contributed by atoms with E-state index in [9.17, 15) is 0 Å². The highest BCUT2D eigenvalue weighted by atomic mass is 16.5. The molecule has 0 heterocycles. The topological polar surface area (TPSA) is 30.5 Å². The van der Waals surface area contributed by atoms with Gasteiger partial charge < -0.3 is 14.8 Å². The molecule has 0 spiro atoms. The van der Waals surface area contributed by atoms with Crippen LogP contribution in [0.1, 0.15) is 51.9 Å². The van der Waals surface area contributed by atoms with Crippen molar-refractivity contribution < 1.29 is 9.47 Å². The highest BCUT2D eigenvalue weighted by Crippen LogP contribution is 2.27. The van der Waals surface area contributed by atoms with Crippen LogP contribution in [0.3, 0.4) is 0 Å². The average molecular weight is 257 g/mol. The Kier molecular flexibility index (Phi) is 9.54. The summed E-state index contributed by atoms with van der Waals surface area (Å²) in [5, 5.41) is 3.71. The van der Waals surface area contributed by atoms with Gasteiger partial charge in [-0.1, -0.05) is 19.8 Å². The molecule has 0 bridgehead atoms. The van der Waals surface area contributed by atoms with E-state index in [1.807, 2.05) is 0 Å². The summed E-state index contributed by atoms with van der Waals surface area (Å²) in [6.07, 6.45) is 8.99. The zero-order valence-electron chi connectivity index (χ0n) is 12.2. The lowest BCUT2D eigenvalue weighted by atomic mass is 9.82. The summed E-state index contributed by atoms with van der Waals surface area (Å²) in [4.78, 5) is 0. The summed E-state index contributed by atoms with van der Waals surface area (Å²) in [5.74, 6) is 0.827. The molecule has 2 atom stereocenters. The maximum atomic E-state index is 5.68. The van der Waals surface area contributed by atoms with Crippen LogP contribution in [0.4, 0.5) is 0 Å². The van der Waals surface area contributed by atoms with Crippen molar-refractivity contribution in [3.05, 3.63) is 0 Å². The summed E-state index contributed by atoms with van der Waals surface area (Å²) in [7, 11) is 1.74. The van der Waals surface area contributed by atoms with E-state index in [0.717, 1.165) is 44.7 Å². The molecule has 0 amide bonds. The normalized spacial score (nSPS) is 24.3. The fourth-order valence-corrected chi connectivity index (χ4v) is 2.79. The Morgan fingerprint density at radius 1 is 1.11 bits per heavy atom. The van der Waals surface area contributed by atoms with Crippen molar-refractivity contribution in [1.29, 1.82) is 0 Å². The largest absolute Gasteiger partial charge is 0.385 e.